The Hall–Kier alpha value is -3.16. The van der Waals surface area contributed by atoms with E-state index < -0.39 is 5.97 Å². The summed E-state index contributed by atoms with van der Waals surface area (Å²) in [6, 6.07) is 14.1. The molecule has 1 aliphatic heterocycles. The Morgan fingerprint density at radius 2 is 2.03 bits per heavy atom. The number of halogens is 1. The normalized spacial score (nSPS) is 14.2. The second kappa shape index (κ2) is 7.27. The lowest BCUT2D eigenvalue weighted by Gasteiger charge is -2.06. The topological polar surface area (TPSA) is 65.7 Å². The van der Waals surface area contributed by atoms with Gasteiger partial charge in [-0.25, -0.2) is 4.79 Å². The maximum absolute atomic E-state index is 12.7. The summed E-state index contributed by atoms with van der Waals surface area (Å²) in [5, 5.41) is 2.72. The van der Waals surface area contributed by atoms with E-state index in [0.29, 0.717) is 22.5 Å². The molecule has 0 spiro atoms. The maximum atomic E-state index is 12.7. The van der Waals surface area contributed by atoms with Crippen LogP contribution in [0.25, 0.3) is 17.0 Å². The van der Waals surface area contributed by atoms with Gasteiger partial charge in [0.05, 0.1) is 5.56 Å². The third-order valence-corrected chi connectivity index (χ3v) is 5.96. The van der Waals surface area contributed by atoms with Crippen LogP contribution in [0.1, 0.15) is 31.4 Å². The fraction of sp³-hybridized carbons (Fsp3) is 0.0435. The van der Waals surface area contributed by atoms with Crippen LogP contribution in [0.3, 0.4) is 0 Å². The number of furan rings is 1. The predicted octanol–water partition coefficient (Wildman–Crippen LogP) is 6.40. The molecule has 2 aromatic carbocycles. The van der Waals surface area contributed by atoms with Crippen molar-refractivity contribution in [1.82, 2.24) is 0 Å². The minimum absolute atomic E-state index is 0.0940. The van der Waals surface area contributed by atoms with Gasteiger partial charge in [-0.2, -0.15) is 0 Å². The van der Waals surface area contributed by atoms with Crippen molar-refractivity contribution in [3.05, 3.63) is 85.9 Å². The van der Waals surface area contributed by atoms with Crippen LogP contribution in [0.4, 0.5) is 0 Å². The van der Waals surface area contributed by atoms with E-state index in [-0.39, 0.29) is 23.1 Å². The summed E-state index contributed by atoms with van der Waals surface area (Å²) in [6.45, 7) is 1.78. The number of Topliss-reactive ketones (excluding diaryl/α,β-unsaturated/α-hetero) is 1. The molecule has 148 valence electrons. The number of thiophene rings is 1. The van der Waals surface area contributed by atoms with E-state index >= 15 is 0 Å². The molecule has 0 atom stereocenters. The predicted molar refractivity (Wildman–Crippen MR) is 117 cm³/mol. The Morgan fingerprint density at radius 1 is 1.17 bits per heavy atom. The number of rotatable bonds is 3. The first kappa shape index (κ1) is 18.8. The van der Waals surface area contributed by atoms with Gasteiger partial charge in [0, 0.05) is 26.9 Å². The van der Waals surface area contributed by atoms with Gasteiger partial charge in [0.15, 0.2) is 5.76 Å². The van der Waals surface area contributed by atoms with Crippen LogP contribution in [-0.4, -0.2) is 11.8 Å². The van der Waals surface area contributed by atoms with Crippen molar-refractivity contribution >= 4 is 56.1 Å². The molecule has 1 aliphatic rings. The van der Waals surface area contributed by atoms with E-state index in [2.05, 4.69) is 15.9 Å². The summed E-state index contributed by atoms with van der Waals surface area (Å²) in [7, 11) is 0. The highest BCUT2D eigenvalue weighted by molar-refractivity contribution is 9.10. The number of aryl methyl sites for hydroxylation is 1. The molecule has 0 radical (unpaired) electrons. The molecule has 30 heavy (non-hydrogen) atoms. The molecule has 5 rings (SSSR count). The molecule has 0 N–H and O–H groups in total. The van der Waals surface area contributed by atoms with E-state index in [1.54, 1.807) is 37.3 Å². The highest BCUT2D eigenvalue weighted by Crippen LogP contribution is 2.38. The lowest BCUT2D eigenvalue weighted by atomic mass is 10.0. The first-order valence-electron chi connectivity index (χ1n) is 9.01. The fourth-order valence-corrected chi connectivity index (χ4v) is 4.34. The first-order chi connectivity index (χ1) is 14.5. The molecule has 0 saturated carbocycles. The van der Waals surface area contributed by atoms with Crippen molar-refractivity contribution in [1.29, 1.82) is 0 Å². The highest BCUT2D eigenvalue weighted by Gasteiger charge is 2.30. The summed E-state index contributed by atoms with van der Waals surface area (Å²) in [5.41, 5.74) is 1.74. The number of fused-ring (bicyclic) bond motifs is 2. The fourth-order valence-electron chi connectivity index (χ4n) is 3.31. The van der Waals surface area contributed by atoms with Crippen LogP contribution in [0.5, 0.6) is 11.5 Å². The van der Waals surface area contributed by atoms with E-state index in [1.165, 1.54) is 11.3 Å². The second-order valence-electron chi connectivity index (χ2n) is 6.75. The van der Waals surface area contributed by atoms with Crippen LogP contribution >= 0.6 is 27.3 Å². The molecule has 5 nitrogen and oxygen atoms in total. The van der Waals surface area contributed by atoms with Gasteiger partial charge >= 0.3 is 5.97 Å². The number of allylic oxidation sites excluding steroid dienone is 1. The van der Waals surface area contributed by atoms with Crippen molar-refractivity contribution in [2.75, 3.05) is 0 Å². The molecule has 3 heterocycles. The van der Waals surface area contributed by atoms with Gasteiger partial charge in [0.2, 0.25) is 11.5 Å². The highest BCUT2D eigenvalue weighted by atomic mass is 79.9. The number of hydrogen-bond acceptors (Lipinski definition) is 6. The molecular formula is C23H13BrO5S. The lowest BCUT2D eigenvalue weighted by Crippen LogP contribution is -2.07. The number of benzene rings is 2. The zero-order valence-corrected chi connectivity index (χ0v) is 18.0. The number of carbonyl (C=O) groups is 2. The second-order valence-corrected chi connectivity index (χ2v) is 8.65. The van der Waals surface area contributed by atoms with Crippen molar-refractivity contribution < 1.29 is 23.5 Å². The van der Waals surface area contributed by atoms with Gasteiger partial charge in [-0.1, -0.05) is 22.0 Å². The van der Waals surface area contributed by atoms with Gasteiger partial charge in [0.25, 0.3) is 0 Å². The largest absolute Gasteiger partial charge is 0.452 e. The summed E-state index contributed by atoms with van der Waals surface area (Å²) >= 11 is 4.91. The van der Waals surface area contributed by atoms with Gasteiger partial charge in [-0.3, -0.25) is 4.79 Å². The molecule has 0 bridgehead atoms. The minimum atomic E-state index is -0.625. The molecular weight excluding hydrogens is 468 g/mol. The van der Waals surface area contributed by atoms with E-state index in [4.69, 9.17) is 13.9 Å². The van der Waals surface area contributed by atoms with Crippen molar-refractivity contribution in [3.8, 4) is 11.5 Å². The van der Waals surface area contributed by atoms with Gasteiger partial charge in [-0.15, -0.1) is 11.3 Å². The quantitative estimate of drug-likeness (QED) is 0.193. The molecule has 7 heteroatoms. The van der Waals surface area contributed by atoms with Crippen LogP contribution in [-0.2, 0) is 0 Å². The Balaban J connectivity index is 1.42. The molecule has 0 saturated heterocycles. The Bertz CT molecular complexity index is 1350. The number of hydrogen-bond donors (Lipinski definition) is 0. The summed E-state index contributed by atoms with van der Waals surface area (Å²) in [4.78, 5) is 26.2. The third-order valence-electron chi connectivity index (χ3n) is 4.65. The lowest BCUT2D eigenvalue weighted by molar-refractivity contribution is 0.0703. The zero-order chi connectivity index (χ0) is 20.8. The van der Waals surface area contributed by atoms with Crippen molar-refractivity contribution in [2.45, 2.75) is 6.92 Å². The van der Waals surface area contributed by atoms with Crippen LogP contribution in [0.15, 0.2) is 68.6 Å². The SMILES string of the molecule is Cc1cc(OC(=O)c2cc3cc(Br)ccc3o2)cc2c1C(=O)/C(=C/c1cccs1)O2. The van der Waals surface area contributed by atoms with Crippen LogP contribution in [0.2, 0.25) is 0 Å². The van der Waals surface area contributed by atoms with Crippen LogP contribution < -0.4 is 9.47 Å². The molecule has 0 amide bonds. The van der Waals surface area contributed by atoms with E-state index in [9.17, 15) is 9.59 Å². The number of ketones is 1. The van der Waals surface area contributed by atoms with E-state index in [0.717, 1.165) is 14.7 Å². The molecule has 0 unspecified atom stereocenters. The smallest absolute Gasteiger partial charge is 0.379 e. The maximum Gasteiger partial charge on any atom is 0.379 e. The van der Waals surface area contributed by atoms with Crippen molar-refractivity contribution in [2.24, 2.45) is 0 Å². The minimum Gasteiger partial charge on any atom is -0.452 e. The summed E-state index contributed by atoms with van der Waals surface area (Å²) in [5.74, 6) is 0.192. The summed E-state index contributed by atoms with van der Waals surface area (Å²) < 4.78 is 17.7. The Labute approximate surface area is 183 Å². The average molecular weight is 481 g/mol. The zero-order valence-electron chi connectivity index (χ0n) is 15.6. The van der Waals surface area contributed by atoms with Gasteiger partial charge in [-0.05, 0) is 54.3 Å². The summed E-state index contributed by atoms with van der Waals surface area (Å²) in [6.07, 6.45) is 1.71. The molecule has 0 fully saturated rings. The monoisotopic (exact) mass is 480 g/mol. The van der Waals surface area contributed by atoms with Crippen molar-refractivity contribution in [3.63, 3.8) is 0 Å². The Kier molecular flexibility index (Phi) is 4.56. The van der Waals surface area contributed by atoms with E-state index in [1.807, 2.05) is 29.6 Å². The van der Waals surface area contributed by atoms with Gasteiger partial charge < -0.3 is 13.9 Å². The Morgan fingerprint density at radius 3 is 2.83 bits per heavy atom. The standard InChI is InChI=1S/C23H13BrO5S/c1-12-7-15(27-23(26)20-9-13-8-14(24)4-5-17(13)28-20)10-18-21(12)22(25)19(29-18)11-16-3-2-6-30-16/h2-11H,1H3/b19-11-. The number of carbonyl (C=O) groups excluding carboxylic acids is 2. The number of esters is 1. The third kappa shape index (κ3) is 3.36. The van der Waals surface area contributed by atoms with Gasteiger partial charge in [0.1, 0.15) is 17.1 Å². The molecule has 2 aromatic heterocycles. The van der Waals surface area contributed by atoms with Crippen LogP contribution in [0, 0.1) is 6.92 Å². The molecule has 4 aromatic rings. The first-order valence-corrected chi connectivity index (χ1v) is 10.7. The number of ether oxygens (including phenoxy) is 2. The molecule has 0 aliphatic carbocycles. The average Bonchev–Trinajstić information content (AvgIpc) is 3.41.